The van der Waals surface area contributed by atoms with Crippen molar-refractivity contribution in [1.82, 2.24) is 0 Å². The third-order valence-corrected chi connectivity index (χ3v) is 4.76. The molecule has 0 N–H and O–H groups in total. The minimum atomic E-state index is -0.406. The van der Waals surface area contributed by atoms with E-state index < -0.39 is 5.41 Å². The summed E-state index contributed by atoms with van der Waals surface area (Å²) in [6, 6.07) is 6.99. The summed E-state index contributed by atoms with van der Waals surface area (Å²) >= 11 is 0. The zero-order valence-corrected chi connectivity index (χ0v) is 15.6. The summed E-state index contributed by atoms with van der Waals surface area (Å²) in [5.74, 6) is 1.61. The zero-order chi connectivity index (χ0) is 17.2. The second kappa shape index (κ2) is 7.07. The van der Waals surface area contributed by atoms with Gasteiger partial charge in [0.2, 0.25) is 0 Å². The van der Waals surface area contributed by atoms with Gasteiger partial charge in [-0.1, -0.05) is 39.0 Å². The number of hydrogen-bond acceptors (Lipinski definition) is 2. The fourth-order valence-corrected chi connectivity index (χ4v) is 3.33. The maximum Gasteiger partial charge on any atom is 0.311 e. The largest absolute Gasteiger partial charge is 0.465 e. The Labute approximate surface area is 141 Å². The summed E-state index contributed by atoms with van der Waals surface area (Å²) in [5.41, 5.74) is 4.08. The number of ether oxygens (including phenoxy) is 1. The number of benzene rings is 1. The molecule has 0 spiro atoms. The number of rotatable bonds is 5. The molecule has 2 heteroatoms. The lowest BCUT2D eigenvalue weighted by molar-refractivity contribution is -0.154. The molecule has 0 heterocycles. The first-order valence-electron chi connectivity index (χ1n) is 8.95. The number of carbonyl (C=O) groups excluding carboxylic acids is 1. The lowest BCUT2D eigenvalue weighted by atomic mass is 9.93. The molecule has 0 saturated carbocycles. The highest BCUT2D eigenvalue weighted by atomic mass is 16.5. The predicted molar refractivity (Wildman–Crippen MR) is 95.6 cm³/mol. The van der Waals surface area contributed by atoms with Gasteiger partial charge in [-0.25, -0.2) is 0 Å². The van der Waals surface area contributed by atoms with Crippen molar-refractivity contribution in [3.8, 4) is 0 Å². The van der Waals surface area contributed by atoms with Crippen LogP contribution in [-0.4, -0.2) is 12.6 Å². The third kappa shape index (κ3) is 4.83. The van der Waals surface area contributed by atoms with Crippen LogP contribution in [0.3, 0.4) is 0 Å². The highest BCUT2D eigenvalue weighted by Crippen LogP contribution is 2.33. The highest BCUT2D eigenvalue weighted by molar-refractivity contribution is 5.75. The molecule has 0 aliphatic heterocycles. The second-order valence-electron chi connectivity index (χ2n) is 8.65. The number of esters is 1. The van der Waals surface area contributed by atoms with E-state index in [9.17, 15) is 4.79 Å². The second-order valence-corrected chi connectivity index (χ2v) is 8.65. The monoisotopic (exact) mass is 316 g/mol. The molecule has 1 aliphatic carbocycles. The van der Waals surface area contributed by atoms with Crippen LogP contribution in [0.4, 0.5) is 0 Å². The number of hydrogen-bond donors (Lipinski definition) is 0. The maximum absolute atomic E-state index is 11.9. The van der Waals surface area contributed by atoms with Crippen LogP contribution in [0, 0.1) is 17.3 Å². The Balaban J connectivity index is 1.85. The zero-order valence-electron chi connectivity index (χ0n) is 15.6. The Hall–Kier alpha value is -1.31. The molecule has 1 unspecified atom stereocenters. The Morgan fingerprint density at radius 1 is 1.17 bits per heavy atom. The predicted octanol–water partition coefficient (Wildman–Crippen LogP) is 5.14. The molecule has 0 aromatic heterocycles. The normalized spacial score (nSPS) is 18.8. The molecule has 0 radical (unpaired) electrons. The molecule has 1 aromatic carbocycles. The van der Waals surface area contributed by atoms with E-state index in [4.69, 9.17) is 4.74 Å². The summed E-state index contributed by atoms with van der Waals surface area (Å²) in [6.45, 7) is 12.9. The average molecular weight is 316 g/mol. The molecule has 0 amide bonds. The van der Waals surface area contributed by atoms with Crippen LogP contribution in [-0.2, 0) is 22.4 Å². The van der Waals surface area contributed by atoms with Gasteiger partial charge in [-0.05, 0) is 74.5 Å². The van der Waals surface area contributed by atoms with Crippen LogP contribution < -0.4 is 0 Å². The first-order valence-corrected chi connectivity index (χ1v) is 8.95. The SMILES string of the molecule is CC(C)c1ccc2c(c1)CC(C[C@H](C)COC(=O)C(C)(C)C)C2. The molecular formula is C21H32O2. The van der Waals surface area contributed by atoms with E-state index >= 15 is 0 Å². The van der Waals surface area contributed by atoms with Crippen molar-refractivity contribution in [2.24, 2.45) is 17.3 Å². The molecule has 23 heavy (non-hydrogen) atoms. The molecule has 128 valence electrons. The number of carbonyl (C=O) groups is 1. The van der Waals surface area contributed by atoms with Crippen LogP contribution >= 0.6 is 0 Å². The molecule has 1 aromatic rings. The summed E-state index contributed by atoms with van der Waals surface area (Å²) in [6.07, 6.45) is 3.47. The van der Waals surface area contributed by atoms with Crippen LogP contribution in [0.1, 0.15) is 70.6 Å². The van der Waals surface area contributed by atoms with Crippen LogP contribution in [0.25, 0.3) is 0 Å². The van der Waals surface area contributed by atoms with Crippen molar-refractivity contribution in [3.05, 3.63) is 34.9 Å². The van der Waals surface area contributed by atoms with E-state index in [1.165, 1.54) is 29.5 Å². The van der Waals surface area contributed by atoms with Gasteiger partial charge in [0, 0.05) is 0 Å². The van der Waals surface area contributed by atoms with Gasteiger partial charge in [0.15, 0.2) is 0 Å². The van der Waals surface area contributed by atoms with Crippen molar-refractivity contribution in [2.45, 2.75) is 66.7 Å². The first kappa shape index (κ1) is 18.0. The first-order chi connectivity index (χ1) is 10.7. The van der Waals surface area contributed by atoms with Gasteiger partial charge in [0.25, 0.3) is 0 Å². The van der Waals surface area contributed by atoms with Gasteiger partial charge >= 0.3 is 5.97 Å². The Morgan fingerprint density at radius 2 is 1.83 bits per heavy atom. The maximum atomic E-state index is 11.9. The van der Waals surface area contributed by atoms with Crippen molar-refractivity contribution < 1.29 is 9.53 Å². The summed E-state index contributed by atoms with van der Waals surface area (Å²) in [7, 11) is 0. The van der Waals surface area contributed by atoms with E-state index in [-0.39, 0.29) is 5.97 Å². The average Bonchev–Trinajstić information content (AvgIpc) is 2.84. The topological polar surface area (TPSA) is 26.3 Å². The fourth-order valence-electron chi connectivity index (χ4n) is 3.33. The van der Waals surface area contributed by atoms with E-state index in [0.29, 0.717) is 24.4 Å². The molecule has 2 nitrogen and oxygen atoms in total. The Kier molecular flexibility index (Phi) is 5.54. The standard InChI is InChI=1S/C21H32O2/c1-14(2)17-7-8-18-10-16(11-19(18)12-17)9-15(3)13-23-20(22)21(4,5)6/h7-8,12,14-16H,9-11,13H2,1-6H3/t15-,16?/m0/s1. The van der Waals surface area contributed by atoms with Crippen molar-refractivity contribution >= 4 is 5.97 Å². The number of fused-ring (bicyclic) bond motifs is 1. The van der Waals surface area contributed by atoms with Crippen LogP contribution in [0.15, 0.2) is 18.2 Å². The smallest absolute Gasteiger partial charge is 0.311 e. The van der Waals surface area contributed by atoms with E-state index in [2.05, 4.69) is 39.0 Å². The molecule has 0 saturated heterocycles. The lowest BCUT2D eigenvalue weighted by Crippen LogP contribution is -2.25. The molecule has 2 rings (SSSR count). The van der Waals surface area contributed by atoms with Crippen LogP contribution in [0.2, 0.25) is 0 Å². The van der Waals surface area contributed by atoms with E-state index in [1.807, 2.05) is 20.8 Å². The van der Waals surface area contributed by atoms with Crippen molar-refractivity contribution in [3.63, 3.8) is 0 Å². The van der Waals surface area contributed by atoms with E-state index in [0.717, 1.165) is 6.42 Å². The fraction of sp³-hybridized carbons (Fsp3) is 0.667. The Bertz CT molecular complexity index is 551. The van der Waals surface area contributed by atoms with Crippen molar-refractivity contribution in [2.75, 3.05) is 6.61 Å². The van der Waals surface area contributed by atoms with Gasteiger partial charge in [0.05, 0.1) is 12.0 Å². The molecular weight excluding hydrogens is 284 g/mol. The minimum absolute atomic E-state index is 0.0966. The lowest BCUT2D eigenvalue weighted by Gasteiger charge is -2.20. The molecule has 0 bridgehead atoms. The summed E-state index contributed by atoms with van der Waals surface area (Å²) in [4.78, 5) is 11.9. The van der Waals surface area contributed by atoms with Gasteiger partial charge in [0.1, 0.15) is 0 Å². The third-order valence-electron chi connectivity index (χ3n) is 4.76. The van der Waals surface area contributed by atoms with Gasteiger partial charge < -0.3 is 4.74 Å². The van der Waals surface area contributed by atoms with Gasteiger partial charge in [-0.3, -0.25) is 4.79 Å². The van der Waals surface area contributed by atoms with E-state index in [1.54, 1.807) is 0 Å². The van der Waals surface area contributed by atoms with Gasteiger partial charge in [-0.2, -0.15) is 0 Å². The highest BCUT2D eigenvalue weighted by Gasteiger charge is 2.26. The Morgan fingerprint density at radius 3 is 2.43 bits per heavy atom. The minimum Gasteiger partial charge on any atom is -0.465 e. The van der Waals surface area contributed by atoms with Crippen LogP contribution in [0.5, 0.6) is 0 Å². The molecule has 1 aliphatic rings. The summed E-state index contributed by atoms with van der Waals surface area (Å²) < 4.78 is 5.47. The summed E-state index contributed by atoms with van der Waals surface area (Å²) in [5, 5.41) is 0. The van der Waals surface area contributed by atoms with Gasteiger partial charge in [-0.15, -0.1) is 0 Å². The quantitative estimate of drug-likeness (QED) is 0.703. The molecule has 2 atom stereocenters. The molecule has 0 fully saturated rings. The van der Waals surface area contributed by atoms with Crippen molar-refractivity contribution in [1.29, 1.82) is 0 Å².